The molecule has 176 valence electrons. The number of hydrogen-bond donors (Lipinski definition) is 1. The second-order valence-electron chi connectivity index (χ2n) is 9.41. The highest BCUT2D eigenvalue weighted by atomic mass is 16.6. The molecule has 3 aromatic rings. The number of anilines is 1. The molecule has 2 heterocycles. The van der Waals surface area contributed by atoms with Crippen LogP contribution in [0, 0.1) is 12.0 Å². The van der Waals surface area contributed by atoms with Gasteiger partial charge < -0.3 is 19.1 Å². The van der Waals surface area contributed by atoms with E-state index >= 15 is 0 Å². The number of aromatic nitrogens is 2. The van der Waals surface area contributed by atoms with Crippen molar-refractivity contribution in [3.05, 3.63) is 60.2 Å². The van der Waals surface area contributed by atoms with Crippen molar-refractivity contribution in [3.63, 3.8) is 0 Å². The van der Waals surface area contributed by atoms with E-state index in [9.17, 15) is 9.90 Å². The summed E-state index contributed by atoms with van der Waals surface area (Å²) in [6.07, 6.45) is 4.40. The number of hydrogen-bond acceptors (Lipinski definition) is 5. The average molecular weight is 461 g/mol. The van der Waals surface area contributed by atoms with E-state index in [2.05, 4.69) is 9.83 Å². The van der Waals surface area contributed by atoms with Crippen LogP contribution < -0.4 is 9.64 Å². The van der Waals surface area contributed by atoms with Crippen molar-refractivity contribution in [2.45, 2.75) is 44.8 Å². The number of carbonyl (C=O) groups excluding carboxylic acids is 1. The van der Waals surface area contributed by atoms with Crippen molar-refractivity contribution in [2.24, 2.45) is 5.41 Å². The topological polar surface area (TPSA) is 81.2 Å². The number of imidazole rings is 1. The van der Waals surface area contributed by atoms with Gasteiger partial charge in [0.1, 0.15) is 11.4 Å². The first kappa shape index (κ1) is 22.2. The van der Waals surface area contributed by atoms with E-state index in [1.165, 1.54) is 0 Å². The first-order valence-corrected chi connectivity index (χ1v) is 11.7. The Kier molecular flexibility index (Phi) is 5.66. The van der Waals surface area contributed by atoms with Crippen molar-refractivity contribution in [1.82, 2.24) is 9.55 Å². The fourth-order valence-corrected chi connectivity index (χ4v) is 5.52. The lowest BCUT2D eigenvalue weighted by molar-refractivity contribution is -0.0541. The van der Waals surface area contributed by atoms with E-state index in [1.54, 1.807) is 17.3 Å². The van der Waals surface area contributed by atoms with Gasteiger partial charge in [0.2, 0.25) is 0 Å². The molecule has 34 heavy (non-hydrogen) atoms. The van der Waals surface area contributed by atoms with Crippen molar-refractivity contribution >= 4 is 28.5 Å². The molecule has 1 unspecified atom stereocenters. The highest BCUT2D eigenvalue weighted by molar-refractivity contribution is 5.90. The molecule has 1 saturated heterocycles. The molecular weight excluding hydrogens is 432 g/mol. The number of carbonyl (C=O) groups is 1. The summed E-state index contributed by atoms with van der Waals surface area (Å²) in [5, 5.41) is 10.5. The molecule has 2 atom stereocenters. The SMILES string of the molecule is [C-]#[N+]c1ccc2ncn(C[C@@]3(CO)CCCC4(CN(c5cccc(OCC)c5)C(=O)O4)C3)c2c1. The third kappa shape index (κ3) is 3.97. The van der Waals surface area contributed by atoms with Gasteiger partial charge in [-0.15, -0.1) is 0 Å². The van der Waals surface area contributed by atoms with Crippen molar-refractivity contribution in [2.75, 3.05) is 24.7 Å². The lowest BCUT2D eigenvalue weighted by Crippen LogP contribution is -2.47. The summed E-state index contributed by atoms with van der Waals surface area (Å²) >= 11 is 0. The Balaban J connectivity index is 1.40. The predicted octanol–water partition coefficient (Wildman–Crippen LogP) is 4.93. The summed E-state index contributed by atoms with van der Waals surface area (Å²) in [6.45, 7) is 10.8. The normalized spacial score (nSPS) is 24.4. The smallest absolute Gasteiger partial charge is 0.415 e. The van der Waals surface area contributed by atoms with E-state index in [1.807, 2.05) is 47.9 Å². The minimum atomic E-state index is -0.655. The molecule has 1 aliphatic carbocycles. The van der Waals surface area contributed by atoms with Gasteiger partial charge in [-0.1, -0.05) is 12.1 Å². The average Bonchev–Trinajstić information content (AvgIpc) is 3.39. The molecule has 0 bridgehead atoms. The highest BCUT2D eigenvalue weighted by Gasteiger charge is 2.53. The number of fused-ring (bicyclic) bond motifs is 1. The molecule has 1 aromatic heterocycles. The lowest BCUT2D eigenvalue weighted by atomic mass is 9.67. The zero-order valence-electron chi connectivity index (χ0n) is 19.2. The molecule has 8 heteroatoms. The molecule has 2 aromatic carbocycles. The van der Waals surface area contributed by atoms with Crippen LogP contribution in [0.1, 0.15) is 32.6 Å². The van der Waals surface area contributed by atoms with E-state index in [0.717, 1.165) is 36.0 Å². The summed E-state index contributed by atoms with van der Waals surface area (Å²) in [5.41, 5.74) is 1.89. The summed E-state index contributed by atoms with van der Waals surface area (Å²) in [6, 6.07) is 12.9. The van der Waals surface area contributed by atoms with Crippen molar-refractivity contribution in [1.29, 1.82) is 0 Å². The zero-order chi connectivity index (χ0) is 23.8. The number of benzene rings is 2. The number of amides is 1. The molecule has 5 rings (SSSR count). The molecule has 1 saturated carbocycles. The maximum Gasteiger partial charge on any atom is 0.415 e. The molecule has 0 radical (unpaired) electrons. The van der Waals surface area contributed by atoms with Crippen LogP contribution in [0.5, 0.6) is 5.75 Å². The van der Waals surface area contributed by atoms with Crippen molar-refractivity contribution in [3.8, 4) is 5.75 Å². The van der Waals surface area contributed by atoms with Gasteiger partial charge in [-0.2, -0.15) is 0 Å². The van der Waals surface area contributed by atoms with Crippen LogP contribution in [-0.4, -0.2) is 46.1 Å². The Morgan fingerprint density at radius 2 is 2.15 bits per heavy atom. The summed E-state index contributed by atoms with van der Waals surface area (Å²) < 4.78 is 13.6. The Hall–Kier alpha value is -3.57. The summed E-state index contributed by atoms with van der Waals surface area (Å²) in [5.74, 6) is 0.716. The number of nitrogens with zero attached hydrogens (tertiary/aromatic N) is 4. The Morgan fingerprint density at radius 1 is 1.26 bits per heavy atom. The Bertz CT molecular complexity index is 1270. The summed E-state index contributed by atoms with van der Waals surface area (Å²) in [7, 11) is 0. The van der Waals surface area contributed by atoms with Gasteiger partial charge in [-0.25, -0.2) is 14.6 Å². The monoisotopic (exact) mass is 460 g/mol. The summed E-state index contributed by atoms with van der Waals surface area (Å²) in [4.78, 5) is 22.6. The van der Waals surface area contributed by atoms with Crippen LogP contribution in [0.25, 0.3) is 15.9 Å². The molecule has 1 N–H and O–H groups in total. The third-order valence-corrected chi connectivity index (χ3v) is 7.02. The molecule has 2 fully saturated rings. The van der Waals surface area contributed by atoms with Crippen molar-refractivity contribution < 1.29 is 19.4 Å². The van der Waals surface area contributed by atoms with Gasteiger partial charge in [-0.3, -0.25) is 4.90 Å². The van der Waals surface area contributed by atoms with Gasteiger partial charge in [0, 0.05) is 18.0 Å². The fourth-order valence-electron chi connectivity index (χ4n) is 5.52. The molecule has 1 spiro atoms. The first-order chi connectivity index (χ1) is 16.5. The molecule has 1 amide bonds. The van der Waals surface area contributed by atoms with Gasteiger partial charge in [0.15, 0.2) is 5.69 Å². The predicted molar refractivity (Wildman–Crippen MR) is 128 cm³/mol. The maximum absolute atomic E-state index is 12.9. The largest absolute Gasteiger partial charge is 0.494 e. The van der Waals surface area contributed by atoms with Gasteiger partial charge in [0.05, 0.1) is 49.4 Å². The number of aliphatic hydroxyl groups is 1. The first-order valence-electron chi connectivity index (χ1n) is 11.7. The zero-order valence-corrected chi connectivity index (χ0v) is 19.2. The second kappa shape index (κ2) is 8.65. The lowest BCUT2D eigenvalue weighted by Gasteiger charge is -2.44. The highest BCUT2D eigenvalue weighted by Crippen LogP contribution is 2.48. The van der Waals surface area contributed by atoms with E-state index in [0.29, 0.717) is 37.6 Å². The van der Waals surface area contributed by atoms with Crippen LogP contribution in [-0.2, 0) is 11.3 Å². The quantitative estimate of drug-likeness (QED) is 0.528. The molecular formula is C26H28N4O4. The second-order valence-corrected chi connectivity index (χ2v) is 9.41. The van der Waals surface area contributed by atoms with Crippen LogP contribution in [0.3, 0.4) is 0 Å². The van der Waals surface area contributed by atoms with Crippen LogP contribution >= 0.6 is 0 Å². The van der Waals surface area contributed by atoms with E-state index in [-0.39, 0.29) is 12.7 Å². The Morgan fingerprint density at radius 3 is 2.94 bits per heavy atom. The number of aliphatic hydroxyl groups excluding tert-OH is 1. The molecule has 8 nitrogen and oxygen atoms in total. The van der Waals surface area contributed by atoms with Gasteiger partial charge in [-0.05, 0) is 56.9 Å². The molecule has 2 aliphatic rings. The van der Waals surface area contributed by atoms with E-state index in [4.69, 9.17) is 16.0 Å². The minimum absolute atomic E-state index is 0.0195. The van der Waals surface area contributed by atoms with Gasteiger partial charge in [0.25, 0.3) is 0 Å². The Labute approximate surface area is 198 Å². The van der Waals surface area contributed by atoms with Crippen LogP contribution in [0.4, 0.5) is 16.2 Å². The van der Waals surface area contributed by atoms with Crippen LogP contribution in [0.15, 0.2) is 48.8 Å². The number of ether oxygens (including phenoxy) is 2. The van der Waals surface area contributed by atoms with Crippen LogP contribution in [0.2, 0.25) is 0 Å². The number of rotatable bonds is 6. The fraction of sp³-hybridized carbons (Fsp3) is 0.423. The van der Waals surface area contributed by atoms with E-state index < -0.39 is 11.0 Å². The third-order valence-electron chi connectivity index (χ3n) is 7.02. The standard InChI is InChI=1S/C26H28N4O4/c1-3-33-21-7-4-6-20(13-21)30-16-26(34-24(30)32)11-5-10-25(14-26,17-31)15-29-18-28-22-9-8-19(27-2)12-23(22)29/h4,6-9,12-13,18,31H,3,5,10-11,14-17H2,1H3/t25-,26?/m1/s1. The maximum atomic E-state index is 12.9. The molecule has 1 aliphatic heterocycles. The minimum Gasteiger partial charge on any atom is -0.494 e. The van der Waals surface area contributed by atoms with Gasteiger partial charge >= 0.3 is 6.09 Å².